The Morgan fingerprint density at radius 3 is 2.82 bits per heavy atom. The van der Waals surface area contributed by atoms with Crippen LogP contribution in [0.4, 0.5) is 0 Å². The maximum absolute atomic E-state index is 12.7. The number of halogens is 2. The molecule has 0 saturated carbocycles. The molecule has 0 bridgehead atoms. The van der Waals surface area contributed by atoms with Crippen LogP contribution in [0.3, 0.4) is 0 Å². The molecular formula is C17H22Cl2N4O4S. The molecule has 1 atom stereocenters. The van der Waals surface area contributed by atoms with Crippen LogP contribution in [0.15, 0.2) is 57.9 Å². The molecule has 154 valence electrons. The van der Waals surface area contributed by atoms with Crippen LogP contribution in [0.2, 0.25) is 0 Å². The summed E-state index contributed by atoms with van der Waals surface area (Å²) in [6, 6.07) is -0.172. The first-order chi connectivity index (χ1) is 12.4. The van der Waals surface area contributed by atoms with Crippen molar-refractivity contribution in [2.75, 3.05) is 26.2 Å². The molecule has 0 radical (unpaired) electrons. The Balaban J connectivity index is 0.00000140. The van der Waals surface area contributed by atoms with Crippen molar-refractivity contribution in [1.82, 2.24) is 20.9 Å². The number of nitrogens with zero attached hydrogens (tertiary/aromatic N) is 1. The van der Waals surface area contributed by atoms with Crippen LogP contribution in [-0.2, 0) is 14.9 Å². The van der Waals surface area contributed by atoms with E-state index < -0.39 is 16.0 Å². The van der Waals surface area contributed by atoms with Gasteiger partial charge in [-0.25, -0.2) is 0 Å². The highest BCUT2D eigenvalue weighted by molar-refractivity contribution is 7.90. The van der Waals surface area contributed by atoms with E-state index in [1.165, 1.54) is 5.57 Å². The van der Waals surface area contributed by atoms with Gasteiger partial charge < -0.3 is 20.9 Å². The quantitative estimate of drug-likeness (QED) is 0.359. The zero-order chi connectivity index (χ0) is 18.3. The zero-order valence-corrected chi connectivity index (χ0v) is 17.3. The van der Waals surface area contributed by atoms with Gasteiger partial charge in [0, 0.05) is 26.2 Å². The van der Waals surface area contributed by atoms with E-state index >= 15 is 0 Å². The molecule has 1 amide bonds. The molecule has 0 spiro atoms. The SMILES string of the molecule is Cl.Cl.O=C(NCCC1=CCNC1)C1=CC2CNC3=CC=CC(=C1S(=O)(=O)O)N32. The Kier molecular flexibility index (Phi) is 7.00. The lowest BCUT2D eigenvalue weighted by Gasteiger charge is -2.33. The molecule has 4 aliphatic heterocycles. The van der Waals surface area contributed by atoms with E-state index in [0.29, 0.717) is 25.2 Å². The van der Waals surface area contributed by atoms with Gasteiger partial charge in [-0.1, -0.05) is 17.7 Å². The summed E-state index contributed by atoms with van der Waals surface area (Å²) in [6.07, 6.45) is 9.51. The third-order valence-corrected chi connectivity index (χ3v) is 5.75. The maximum Gasteiger partial charge on any atom is 0.297 e. The molecule has 4 heterocycles. The number of carbonyl (C=O) groups excluding carboxylic acids is 1. The van der Waals surface area contributed by atoms with Crippen molar-refractivity contribution in [2.45, 2.75) is 12.5 Å². The molecule has 4 aliphatic rings. The summed E-state index contributed by atoms with van der Waals surface area (Å²) in [7, 11) is -4.57. The molecule has 1 saturated heterocycles. The van der Waals surface area contributed by atoms with Crippen molar-refractivity contribution >= 4 is 40.8 Å². The first-order valence-corrected chi connectivity index (χ1v) is 9.91. The van der Waals surface area contributed by atoms with Gasteiger partial charge in [-0.15, -0.1) is 24.8 Å². The summed E-state index contributed by atoms with van der Waals surface area (Å²) >= 11 is 0. The summed E-state index contributed by atoms with van der Waals surface area (Å²) in [5.74, 6) is 0.262. The van der Waals surface area contributed by atoms with E-state index in [2.05, 4.69) is 22.0 Å². The highest BCUT2D eigenvalue weighted by Gasteiger charge is 2.41. The second kappa shape index (κ2) is 8.71. The number of carbonyl (C=O) groups is 1. The van der Waals surface area contributed by atoms with Gasteiger partial charge in [-0.3, -0.25) is 9.35 Å². The normalized spacial score (nSPS) is 22.2. The Hall–Kier alpha value is -1.78. The van der Waals surface area contributed by atoms with Gasteiger partial charge in [0.1, 0.15) is 10.7 Å². The number of hydrogen-bond donors (Lipinski definition) is 4. The van der Waals surface area contributed by atoms with Crippen molar-refractivity contribution in [2.24, 2.45) is 0 Å². The lowest BCUT2D eigenvalue weighted by Crippen LogP contribution is -2.38. The molecule has 1 unspecified atom stereocenters. The first-order valence-electron chi connectivity index (χ1n) is 8.47. The predicted octanol–water partition coefficient (Wildman–Crippen LogP) is 0.590. The van der Waals surface area contributed by atoms with Crippen molar-refractivity contribution in [1.29, 1.82) is 0 Å². The van der Waals surface area contributed by atoms with Crippen LogP contribution in [0.25, 0.3) is 0 Å². The van der Waals surface area contributed by atoms with Crippen molar-refractivity contribution in [3.63, 3.8) is 0 Å². The van der Waals surface area contributed by atoms with E-state index in [0.717, 1.165) is 18.9 Å². The van der Waals surface area contributed by atoms with Crippen LogP contribution in [-0.4, -0.2) is 56.0 Å². The second-order valence-corrected chi connectivity index (χ2v) is 7.86. The van der Waals surface area contributed by atoms with Crippen LogP contribution in [0.1, 0.15) is 6.42 Å². The largest absolute Gasteiger partial charge is 0.369 e. The molecule has 0 aromatic heterocycles. The number of nitrogens with one attached hydrogen (secondary N) is 3. The summed E-state index contributed by atoms with van der Waals surface area (Å²) in [5, 5.41) is 9.14. The van der Waals surface area contributed by atoms with Crippen molar-refractivity contribution < 1.29 is 17.8 Å². The zero-order valence-electron chi connectivity index (χ0n) is 14.8. The van der Waals surface area contributed by atoms with E-state index in [1.807, 2.05) is 6.08 Å². The van der Waals surface area contributed by atoms with Crippen LogP contribution < -0.4 is 16.0 Å². The summed E-state index contributed by atoms with van der Waals surface area (Å²) in [5.41, 5.74) is 1.53. The van der Waals surface area contributed by atoms with Crippen molar-refractivity contribution in [3.05, 3.63) is 57.9 Å². The minimum atomic E-state index is -4.57. The maximum atomic E-state index is 12.7. The average molecular weight is 449 g/mol. The molecule has 11 heteroatoms. The summed E-state index contributed by atoms with van der Waals surface area (Å²) < 4.78 is 33.8. The average Bonchev–Trinajstić information content (AvgIpc) is 3.24. The van der Waals surface area contributed by atoms with E-state index in [1.54, 1.807) is 23.1 Å². The van der Waals surface area contributed by atoms with Gasteiger partial charge in [-0.05, 0) is 24.6 Å². The fraction of sp³-hybridized carbons (Fsp3) is 0.353. The molecule has 0 aliphatic carbocycles. The van der Waals surface area contributed by atoms with Gasteiger partial charge in [0.15, 0.2) is 0 Å². The fourth-order valence-corrected chi connectivity index (χ4v) is 4.51. The summed E-state index contributed by atoms with van der Waals surface area (Å²) in [4.78, 5) is 14.1. The van der Waals surface area contributed by atoms with Gasteiger partial charge in [0.2, 0.25) is 0 Å². The smallest absolute Gasteiger partial charge is 0.297 e. The van der Waals surface area contributed by atoms with E-state index in [-0.39, 0.29) is 41.3 Å². The van der Waals surface area contributed by atoms with Crippen LogP contribution in [0, 0.1) is 0 Å². The van der Waals surface area contributed by atoms with Crippen molar-refractivity contribution in [3.8, 4) is 0 Å². The van der Waals surface area contributed by atoms with Gasteiger partial charge in [-0.2, -0.15) is 8.42 Å². The fourth-order valence-electron chi connectivity index (χ4n) is 3.64. The third-order valence-electron chi connectivity index (χ3n) is 4.81. The molecule has 4 rings (SSSR count). The van der Waals surface area contributed by atoms with Gasteiger partial charge >= 0.3 is 0 Å². The van der Waals surface area contributed by atoms with Crippen LogP contribution in [0.5, 0.6) is 0 Å². The number of amides is 1. The first kappa shape index (κ1) is 22.5. The minimum absolute atomic E-state index is 0. The number of rotatable bonds is 5. The summed E-state index contributed by atoms with van der Waals surface area (Å²) in [6.45, 7) is 2.61. The molecule has 0 aromatic carbocycles. The predicted molar refractivity (Wildman–Crippen MR) is 111 cm³/mol. The molecule has 0 aromatic rings. The second-order valence-electron chi connectivity index (χ2n) is 6.50. The van der Waals surface area contributed by atoms with Gasteiger partial charge in [0.05, 0.1) is 17.3 Å². The Morgan fingerprint density at radius 2 is 2.14 bits per heavy atom. The monoisotopic (exact) mass is 448 g/mol. The van der Waals surface area contributed by atoms with E-state index in [4.69, 9.17) is 0 Å². The number of allylic oxidation sites excluding steroid dienone is 3. The molecule has 1 fully saturated rings. The Bertz CT molecular complexity index is 921. The Morgan fingerprint density at radius 1 is 1.36 bits per heavy atom. The molecule has 8 nitrogen and oxygen atoms in total. The standard InChI is InChI=1S/C17H20N4O4S.2ClH/c22-17(19-7-5-11-4-6-18-9-11)13-8-12-10-20-15-3-1-2-14(21(12)15)16(13)26(23,24)25;;/h1-4,8,12,18,20H,5-7,9-10H2,(H,19,22)(H,23,24,25);2*1H. The third kappa shape index (κ3) is 4.13. The Labute approximate surface area is 176 Å². The minimum Gasteiger partial charge on any atom is -0.369 e. The van der Waals surface area contributed by atoms with Crippen LogP contribution >= 0.6 is 24.8 Å². The van der Waals surface area contributed by atoms with E-state index in [9.17, 15) is 17.8 Å². The topological polar surface area (TPSA) is 111 Å². The number of hydrogen-bond acceptors (Lipinski definition) is 6. The highest BCUT2D eigenvalue weighted by atomic mass is 35.5. The molecular weight excluding hydrogens is 427 g/mol. The highest BCUT2D eigenvalue weighted by Crippen LogP contribution is 2.37. The lowest BCUT2D eigenvalue weighted by atomic mass is 10.0. The van der Waals surface area contributed by atoms with Gasteiger partial charge in [0.25, 0.3) is 16.0 Å². The molecule has 4 N–H and O–H groups in total. The lowest BCUT2D eigenvalue weighted by molar-refractivity contribution is -0.117. The molecule has 28 heavy (non-hydrogen) atoms.